The van der Waals surface area contributed by atoms with E-state index < -0.39 is 0 Å². The van der Waals surface area contributed by atoms with E-state index in [1.165, 1.54) is 16.7 Å². The third kappa shape index (κ3) is 2.64. The normalized spacial score (nSPS) is 13.0. The third-order valence-corrected chi connectivity index (χ3v) is 5.07. The zero-order valence-corrected chi connectivity index (χ0v) is 13.7. The summed E-state index contributed by atoms with van der Waals surface area (Å²) in [6.45, 7) is 6.28. The lowest BCUT2D eigenvalue weighted by molar-refractivity contribution is 0.363. The van der Waals surface area contributed by atoms with Crippen molar-refractivity contribution in [2.45, 2.75) is 26.1 Å². The number of hydrogen-bond acceptors (Lipinski definition) is 3. The van der Waals surface area contributed by atoms with Gasteiger partial charge in [-0.05, 0) is 51.6 Å². The van der Waals surface area contributed by atoms with Crippen LogP contribution < -0.4 is 4.74 Å². The SMILES string of the molecule is COc1c(C)c(C)c(Br)c(C)c1C(S)N(C)C. The number of methoxy groups -OCH3 is 1. The minimum atomic E-state index is 0.0283. The van der Waals surface area contributed by atoms with E-state index in [-0.39, 0.29) is 5.37 Å². The van der Waals surface area contributed by atoms with E-state index in [2.05, 4.69) is 54.2 Å². The van der Waals surface area contributed by atoms with Gasteiger partial charge in [0.15, 0.2) is 0 Å². The summed E-state index contributed by atoms with van der Waals surface area (Å²) in [6.07, 6.45) is 0. The van der Waals surface area contributed by atoms with Crippen molar-refractivity contribution in [3.8, 4) is 5.75 Å². The van der Waals surface area contributed by atoms with Crippen molar-refractivity contribution in [2.24, 2.45) is 0 Å². The Balaban J connectivity index is 3.58. The number of nitrogens with zero attached hydrogens (tertiary/aromatic N) is 1. The first-order valence-electron chi connectivity index (χ1n) is 5.50. The molecular formula is C13H20BrNOS. The van der Waals surface area contributed by atoms with Crippen molar-refractivity contribution in [3.63, 3.8) is 0 Å². The summed E-state index contributed by atoms with van der Waals surface area (Å²) in [4.78, 5) is 2.06. The van der Waals surface area contributed by atoms with Gasteiger partial charge in [0.05, 0.1) is 12.5 Å². The first kappa shape index (κ1) is 14.9. The van der Waals surface area contributed by atoms with Crippen molar-refractivity contribution in [1.82, 2.24) is 4.90 Å². The molecule has 0 spiro atoms. The molecule has 1 unspecified atom stereocenters. The molecular weight excluding hydrogens is 298 g/mol. The van der Waals surface area contributed by atoms with Gasteiger partial charge in [-0.25, -0.2) is 0 Å². The quantitative estimate of drug-likeness (QED) is 0.671. The van der Waals surface area contributed by atoms with Crippen molar-refractivity contribution in [1.29, 1.82) is 0 Å². The molecule has 2 nitrogen and oxygen atoms in total. The van der Waals surface area contributed by atoms with E-state index in [1.807, 2.05) is 14.1 Å². The van der Waals surface area contributed by atoms with Crippen LogP contribution in [0.5, 0.6) is 5.75 Å². The molecule has 1 rings (SSSR count). The summed E-state index contributed by atoms with van der Waals surface area (Å²) in [5.74, 6) is 0.942. The second-order valence-electron chi connectivity index (χ2n) is 4.47. The molecule has 0 aliphatic rings. The Morgan fingerprint density at radius 2 is 1.65 bits per heavy atom. The average molecular weight is 318 g/mol. The van der Waals surface area contributed by atoms with Crippen molar-refractivity contribution in [3.05, 3.63) is 26.7 Å². The van der Waals surface area contributed by atoms with Gasteiger partial charge in [0.2, 0.25) is 0 Å². The molecule has 0 amide bonds. The van der Waals surface area contributed by atoms with Gasteiger partial charge >= 0.3 is 0 Å². The van der Waals surface area contributed by atoms with Crippen molar-refractivity contribution in [2.75, 3.05) is 21.2 Å². The number of hydrogen-bond donors (Lipinski definition) is 1. The van der Waals surface area contributed by atoms with Crippen LogP contribution in [0, 0.1) is 20.8 Å². The molecule has 96 valence electrons. The standard InChI is InChI=1S/C13H20BrNOS/c1-7-8(2)12(16-6)10(9(3)11(7)14)13(17)15(4)5/h13,17H,1-6H3. The zero-order valence-electron chi connectivity index (χ0n) is 11.3. The Morgan fingerprint density at radius 3 is 2.06 bits per heavy atom. The summed E-state index contributed by atoms with van der Waals surface area (Å²) >= 11 is 8.32. The first-order valence-corrected chi connectivity index (χ1v) is 6.81. The predicted molar refractivity (Wildman–Crippen MR) is 80.3 cm³/mol. The second kappa shape index (κ2) is 5.63. The minimum Gasteiger partial charge on any atom is -0.496 e. The Labute approximate surface area is 118 Å². The average Bonchev–Trinajstić information content (AvgIpc) is 2.29. The van der Waals surface area contributed by atoms with Crippen LogP contribution in [-0.2, 0) is 0 Å². The van der Waals surface area contributed by atoms with Crippen LogP contribution >= 0.6 is 28.6 Å². The van der Waals surface area contributed by atoms with Crippen LogP contribution in [0.4, 0.5) is 0 Å². The Hall–Kier alpha value is -0.190. The summed E-state index contributed by atoms with van der Waals surface area (Å²) in [6, 6.07) is 0. The van der Waals surface area contributed by atoms with Gasteiger partial charge in [-0.15, -0.1) is 0 Å². The van der Waals surface area contributed by atoms with E-state index >= 15 is 0 Å². The van der Waals surface area contributed by atoms with Crippen LogP contribution in [0.25, 0.3) is 0 Å². The van der Waals surface area contributed by atoms with E-state index in [0.717, 1.165) is 15.8 Å². The fraction of sp³-hybridized carbons (Fsp3) is 0.538. The van der Waals surface area contributed by atoms with Gasteiger partial charge in [-0.1, -0.05) is 15.9 Å². The largest absolute Gasteiger partial charge is 0.496 e. The fourth-order valence-electron chi connectivity index (χ4n) is 1.94. The predicted octanol–water partition coefficient (Wildman–Crippen LogP) is 3.87. The highest BCUT2D eigenvalue weighted by Crippen LogP contribution is 2.41. The fourth-order valence-corrected chi connectivity index (χ4v) is 2.76. The van der Waals surface area contributed by atoms with E-state index in [0.29, 0.717) is 0 Å². The van der Waals surface area contributed by atoms with Gasteiger partial charge in [-0.2, -0.15) is 12.6 Å². The lowest BCUT2D eigenvalue weighted by atomic mass is 9.98. The molecule has 0 aliphatic carbocycles. The van der Waals surface area contributed by atoms with Gasteiger partial charge in [0.25, 0.3) is 0 Å². The summed E-state index contributed by atoms with van der Waals surface area (Å²) < 4.78 is 6.71. The maximum absolute atomic E-state index is 5.57. The van der Waals surface area contributed by atoms with Crippen molar-refractivity contribution < 1.29 is 4.74 Å². The molecule has 1 atom stereocenters. The van der Waals surface area contributed by atoms with Crippen LogP contribution in [0.15, 0.2) is 4.47 Å². The minimum absolute atomic E-state index is 0.0283. The smallest absolute Gasteiger partial charge is 0.128 e. The lowest BCUT2D eigenvalue weighted by Gasteiger charge is -2.26. The number of thiol groups is 1. The summed E-state index contributed by atoms with van der Waals surface area (Å²) in [5.41, 5.74) is 4.72. The molecule has 4 heteroatoms. The molecule has 1 aromatic carbocycles. The zero-order chi connectivity index (χ0) is 13.3. The molecule has 0 radical (unpaired) electrons. The van der Waals surface area contributed by atoms with Crippen LogP contribution in [-0.4, -0.2) is 26.1 Å². The van der Waals surface area contributed by atoms with E-state index in [9.17, 15) is 0 Å². The Bertz CT molecular complexity index is 432. The molecule has 0 aromatic heterocycles. The van der Waals surface area contributed by atoms with Crippen LogP contribution in [0.2, 0.25) is 0 Å². The first-order chi connectivity index (χ1) is 7.82. The van der Waals surface area contributed by atoms with Crippen molar-refractivity contribution >= 4 is 28.6 Å². The highest BCUT2D eigenvalue weighted by Gasteiger charge is 2.22. The molecule has 0 bridgehead atoms. The molecule has 0 heterocycles. The van der Waals surface area contributed by atoms with Gasteiger partial charge in [0, 0.05) is 10.0 Å². The second-order valence-corrected chi connectivity index (χ2v) is 5.76. The third-order valence-electron chi connectivity index (χ3n) is 3.16. The highest BCUT2D eigenvalue weighted by atomic mass is 79.9. The Morgan fingerprint density at radius 1 is 1.12 bits per heavy atom. The lowest BCUT2D eigenvalue weighted by Crippen LogP contribution is -2.17. The van der Waals surface area contributed by atoms with Gasteiger partial charge < -0.3 is 4.74 Å². The molecule has 0 saturated heterocycles. The van der Waals surface area contributed by atoms with Crippen LogP contribution in [0.3, 0.4) is 0 Å². The molecule has 0 saturated carbocycles. The number of halogens is 1. The molecule has 0 aliphatic heterocycles. The number of benzene rings is 1. The molecule has 1 aromatic rings. The topological polar surface area (TPSA) is 12.5 Å². The maximum Gasteiger partial charge on any atom is 0.128 e. The van der Waals surface area contributed by atoms with Gasteiger partial charge in [0.1, 0.15) is 5.75 Å². The number of ether oxygens (including phenoxy) is 1. The van der Waals surface area contributed by atoms with Crippen LogP contribution in [0.1, 0.15) is 27.6 Å². The monoisotopic (exact) mass is 317 g/mol. The molecule has 17 heavy (non-hydrogen) atoms. The van der Waals surface area contributed by atoms with Gasteiger partial charge in [-0.3, -0.25) is 4.90 Å². The maximum atomic E-state index is 5.57. The molecule has 0 fully saturated rings. The Kier molecular flexibility index (Phi) is 4.93. The molecule has 0 N–H and O–H groups in total. The van der Waals surface area contributed by atoms with E-state index in [1.54, 1.807) is 7.11 Å². The summed E-state index contributed by atoms with van der Waals surface area (Å²) in [5, 5.41) is 0.0283. The summed E-state index contributed by atoms with van der Waals surface area (Å²) in [7, 11) is 5.74. The van der Waals surface area contributed by atoms with E-state index in [4.69, 9.17) is 4.74 Å². The number of rotatable bonds is 3. The highest BCUT2D eigenvalue weighted by molar-refractivity contribution is 9.10.